The topological polar surface area (TPSA) is 30.7 Å². The monoisotopic (exact) mass is 171 g/mol. The van der Waals surface area contributed by atoms with E-state index in [-0.39, 0.29) is 0 Å². The largest absolute Gasteiger partial charge is 0.187 e. The van der Waals surface area contributed by atoms with Crippen molar-refractivity contribution in [3.63, 3.8) is 0 Å². The molecule has 13 heavy (non-hydrogen) atoms. The normalized spacial score (nSPS) is 11.0. The van der Waals surface area contributed by atoms with Crippen LogP contribution in [-0.4, -0.2) is 22.8 Å². The Hall–Kier alpha value is -1.32. The fourth-order valence-electron chi connectivity index (χ4n) is 1.44. The van der Waals surface area contributed by atoms with Crippen LogP contribution in [0.5, 0.6) is 0 Å². The van der Waals surface area contributed by atoms with Gasteiger partial charge in [-0.25, -0.2) is 0 Å². The third-order valence-electron chi connectivity index (χ3n) is 2.38. The number of hydrogen-bond donors (Lipinski definition) is 0. The molecule has 0 bridgehead atoms. The Labute approximate surface area is 78.2 Å². The predicted molar refractivity (Wildman–Crippen MR) is 53.4 cm³/mol. The van der Waals surface area contributed by atoms with Crippen molar-refractivity contribution in [1.29, 1.82) is 0 Å². The zero-order valence-electron chi connectivity index (χ0n) is 8.00. The zero-order valence-corrected chi connectivity index (χ0v) is 8.00. The van der Waals surface area contributed by atoms with Gasteiger partial charge < -0.3 is 0 Å². The van der Waals surface area contributed by atoms with Crippen molar-refractivity contribution in [3.05, 3.63) is 17.2 Å². The van der Waals surface area contributed by atoms with Gasteiger partial charge in [0.15, 0.2) is 0 Å². The summed E-state index contributed by atoms with van der Waals surface area (Å²) in [5.41, 5.74) is 4.79. The summed E-state index contributed by atoms with van der Waals surface area (Å²) in [6.45, 7) is 4.02. The lowest BCUT2D eigenvalue weighted by Crippen LogP contribution is -2.08. The number of hydrogen-bond acceptors (Lipinski definition) is 2. The Morgan fingerprint density at radius 2 is 1.92 bits per heavy atom. The number of aromatic nitrogens is 3. The summed E-state index contributed by atoms with van der Waals surface area (Å²) in [6, 6.07) is 1.87. The Kier molecular flexibility index (Phi) is 1.65. The van der Waals surface area contributed by atoms with Crippen LogP contribution in [0.1, 0.15) is 11.1 Å². The van der Waals surface area contributed by atoms with Gasteiger partial charge in [-0.2, -0.15) is 15.0 Å². The van der Waals surface area contributed by atoms with E-state index in [1.54, 1.807) is 4.80 Å². The number of aryl methyl sites for hydroxylation is 2. The molecule has 64 valence electrons. The van der Waals surface area contributed by atoms with E-state index in [0.29, 0.717) is 0 Å². The van der Waals surface area contributed by atoms with Gasteiger partial charge in [0.2, 0.25) is 0 Å². The van der Waals surface area contributed by atoms with Crippen LogP contribution in [0, 0.1) is 13.8 Å². The van der Waals surface area contributed by atoms with Crippen molar-refractivity contribution in [2.45, 2.75) is 13.8 Å². The molecule has 0 aliphatic rings. The highest BCUT2D eigenvalue weighted by molar-refractivity contribution is 6.34. The van der Waals surface area contributed by atoms with E-state index in [1.807, 2.05) is 27.0 Å². The number of fused-ring (bicyclic) bond motifs is 1. The Bertz CT molecular complexity index is 473. The lowest BCUT2D eigenvalue weighted by atomic mass is 9.88. The van der Waals surface area contributed by atoms with Crippen LogP contribution in [0.4, 0.5) is 0 Å². The minimum Gasteiger partial charge on any atom is -0.187 e. The fraction of sp³-hybridized carbons (Fsp3) is 0.333. The second-order valence-electron chi connectivity index (χ2n) is 3.27. The maximum atomic E-state index is 5.82. The standard InChI is InChI=1S/C9H10BN3/c1-5-6(2)9-8(4-7(5)10)11-13(3)12-9/h4H,1-3H3. The quantitative estimate of drug-likeness (QED) is 0.536. The van der Waals surface area contributed by atoms with E-state index in [2.05, 4.69) is 10.2 Å². The van der Waals surface area contributed by atoms with Crippen LogP contribution in [0.2, 0.25) is 0 Å². The second-order valence-corrected chi connectivity index (χ2v) is 3.27. The minimum atomic E-state index is 0.783. The lowest BCUT2D eigenvalue weighted by Gasteiger charge is -2.03. The molecule has 0 unspecified atom stereocenters. The van der Waals surface area contributed by atoms with Crippen molar-refractivity contribution >= 4 is 24.3 Å². The van der Waals surface area contributed by atoms with Crippen LogP contribution in [0.3, 0.4) is 0 Å². The number of benzene rings is 1. The lowest BCUT2D eigenvalue weighted by molar-refractivity contribution is 0.665. The van der Waals surface area contributed by atoms with Crippen molar-refractivity contribution in [1.82, 2.24) is 15.0 Å². The average molecular weight is 171 g/mol. The van der Waals surface area contributed by atoms with Crippen molar-refractivity contribution < 1.29 is 0 Å². The fourth-order valence-corrected chi connectivity index (χ4v) is 1.44. The van der Waals surface area contributed by atoms with Gasteiger partial charge in [-0.1, -0.05) is 11.0 Å². The first-order chi connectivity index (χ1) is 6.09. The molecule has 0 N–H and O–H groups in total. The molecule has 0 amide bonds. The van der Waals surface area contributed by atoms with E-state index in [1.165, 1.54) is 0 Å². The van der Waals surface area contributed by atoms with E-state index < -0.39 is 0 Å². The first-order valence-corrected chi connectivity index (χ1v) is 4.16. The molecule has 4 heteroatoms. The highest BCUT2D eigenvalue weighted by Crippen LogP contribution is 2.15. The molecule has 0 spiro atoms. The summed E-state index contributed by atoms with van der Waals surface area (Å²) >= 11 is 0. The molecule has 0 atom stereocenters. The van der Waals surface area contributed by atoms with Crippen molar-refractivity contribution in [2.24, 2.45) is 7.05 Å². The van der Waals surface area contributed by atoms with Crippen LogP contribution in [0.15, 0.2) is 6.07 Å². The second kappa shape index (κ2) is 2.59. The van der Waals surface area contributed by atoms with Crippen LogP contribution in [0.25, 0.3) is 11.0 Å². The van der Waals surface area contributed by atoms with Gasteiger partial charge in [0, 0.05) is 7.05 Å². The summed E-state index contributed by atoms with van der Waals surface area (Å²) in [5, 5.41) is 8.47. The van der Waals surface area contributed by atoms with Gasteiger partial charge in [-0.15, -0.1) is 0 Å². The van der Waals surface area contributed by atoms with Crippen LogP contribution >= 0.6 is 0 Å². The summed E-state index contributed by atoms with van der Waals surface area (Å²) < 4.78 is 0. The molecular formula is C9H10BN3. The molecule has 2 radical (unpaired) electrons. The van der Waals surface area contributed by atoms with E-state index in [0.717, 1.165) is 27.6 Å². The molecule has 2 aromatic rings. The van der Waals surface area contributed by atoms with E-state index in [4.69, 9.17) is 7.85 Å². The Balaban J connectivity index is 2.92. The average Bonchev–Trinajstić information content (AvgIpc) is 2.42. The number of nitrogens with zero attached hydrogens (tertiary/aromatic N) is 3. The van der Waals surface area contributed by atoms with Crippen molar-refractivity contribution in [2.75, 3.05) is 0 Å². The van der Waals surface area contributed by atoms with Gasteiger partial charge in [-0.3, -0.25) is 0 Å². The molecular weight excluding hydrogens is 161 g/mol. The summed E-state index contributed by atoms with van der Waals surface area (Å²) in [6.07, 6.45) is 0. The highest BCUT2D eigenvalue weighted by Gasteiger charge is 2.07. The smallest absolute Gasteiger partial charge is 0.116 e. The molecule has 0 saturated heterocycles. The van der Waals surface area contributed by atoms with Gasteiger partial charge in [0.25, 0.3) is 0 Å². The molecule has 3 nitrogen and oxygen atoms in total. The molecule has 0 aliphatic carbocycles. The van der Waals surface area contributed by atoms with E-state index >= 15 is 0 Å². The molecule has 0 fully saturated rings. The molecule has 1 aromatic carbocycles. The molecule has 1 heterocycles. The molecule has 2 rings (SSSR count). The SMILES string of the molecule is [B]c1cc2nn(C)nc2c(C)c1C. The molecule has 0 saturated carbocycles. The van der Waals surface area contributed by atoms with Gasteiger partial charge in [-0.05, 0) is 25.5 Å². The third-order valence-corrected chi connectivity index (χ3v) is 2.38. The maximum absolute atomic E-state index is 5.82. The van der Waals surface area contributed by atoms with E-state index in [9.17, 15) is 0 Å². The third kappa shape index (κ3) is 1.13. The first kappa shape index (κ1) is 8.29. The summed E-state index contributed by atoms with van der Waals surface area (Å²) in [4.78, 5) is 1.57. The first-order valence-electron chi connectivity index (χ1n) is 4.16. The van der Waals surface area contributed by atoms with Crippen molar-refractivity contribution in [3.8, 4) is 0 Å². The Morgan fingerprint density at radius 3 is 2.62 bits per heavy atom. The number of rotatable bonds is 0. The van der Waals surface area contributed by atoms with Gasteiger partial charge >= 0.3 is 0 Å². The summed E-state index contributed by atoms with van der Waals surface area (Å²) in [5.74, 6) is 0. The van der Waals surface area contributed by atoms with Gasteiger partial charge in [0.1, 0.15) is 18.9 Å². The molecule has 0 aliphatic heterocycles. The summed E-state index contributed by atoms with van der Waals surface area (Å²) in [7, 11) is 7.63. The zero-order chi connectivity index (χ0) is 9.59. The predicted octanol–water partition coefficient (Wildman–Crippen LogP) is 0.379. The van der Waals surface area contributed by atoms with Gasteiger partial charge in [0.05, 0.1) is 0 Å². The molecule has 1 aromatic heterocycles. The van der Waals surface area contributed by atoms with Crippen LogP contribution < -0.4 is 5.46 Å². The van der Waals surface area contributed by atoms with Crippen LogP contribution in [-0.2, 0) is 7.05 Å². The maximum Gasteiger partial charge on any atom is 0.116 e. The highest BCUT2D eigenvalue weighted by atomic mass is 15.4. The minimum absolute atomic E-state index is 0.783. The Morgan fingerprint density at radius 1 is 1.23 bits per heavy atom.